The minimum Gasteiger partial charge on any atom is -0.369 e. The fourth-order valence-corrected chi connectivity index (χ4v) is 6.84. The zero-order valence-corrected chi connectivity index (χ0v) is 21.8. The highest BCUT2D eigenvalue weighted by Gasteiger charge is 2.55. The molecule has 3 atom stereocenters. The van der Waals surface area contributed by atoms with Gasteiger partial charge in [0.05, 0.1) is 6.04 Å². The van der Waals surface area contributed by atoms with Gasteiger partial charge in [-0.05, 0) is 57.0 Å². The van der Waals surface area contributed by atoms with Crippen molar-refractivity contribution >= 4 is 23.3 Å². The summed E-state index contributed by atoms with van der Waals surface area (Å²) in [6, 6.07) is 7.93. The van der Waals surface area contributed by atoms with E-state index in [4.69, 9.17) is 4.74 Å². The molecule has 0 radical (unpaired) electrons. The average molecular weight is 510 g/mol. The Balaban J connectivity index is 1.15. The van der Waals surface area contributed by atoms with Crippen molar-refractivity contribution in [1.82, 2.24) is 20.4 Å². The summed E-state index contributed by atoms with van der Waals surface area (Å²) in [7, 11) is 1.83. The van der Waals surface area contributed by atoms with Gasteiger partial charge in [-0.25, -0.2) is 0 Å². The van der Waals surface area contributed by atoms with E-state index in [1.807, 2.05) is 31.3 Å². The fraction of sp³-hybridized carbons (Fsp3) is 0.679. The number of rotatable bonds is 6. The second kappa shape index (κ2) is 10.0. The van der Waals surface area contributed by atoms with Gasteiger partial charge in [0.15, 0.2) is 5.78 Å². The first-order valence-corrected chi connectivity index (χ1v) is 14.0. The molecule has 1 aromatic carbocycles. The normalized spacial score (nSPS) is 29.9. The number of hydrogen-bond acceptors (Lipinski definition) is 7. The zero-order valence-electron chi connectivity index (χ0n) is 21.8. The molecule has 0 bridgehead atoms. The van der Waals surface area contributed by atoms with Crippen LogP contribution in [0.15, 0.2) is 24.3 Å². The lowest BCUT2D eigenvalue weighted by atomic mass is 9.80. The highest BCUT2D eigenvalue weighted by atomic mass is 16.5. The van der Waals surface area contributed by atoms with E-state index in [0.717, 1.165) is 57.2 Å². The molecule has 3 saturated heterocycles. The summed E-state index contributed by atoms with van der Waals surface area (Å²) in [5.74, 6) is -0.422. The Bertz CT molecular complexity index is 1030. The summed E-state index contributed by atoms with van der Waals surface area (Å²) >= 11 is 0. The van der Waals surface area contributed by atoms with E-state index >= 15 is 0 Å². The van der Waals surface area contributed by atoms with Crippen LogP contribution >= 0.6 is 0 Å². The quantitative estimate of drug-likeness (QED) is 0.595. The monoisotopic (exact) mass is 509 g/mol. The molecule has 0 spiro atoms. The van der Waals surface area contributed by atoms with E-state index in [-0.39, 0.29) is 36.4 Å². The van der Waals surface area contributed by atoms with Crippen LogP contribution in [0.2, 0.25) is 0 Å². The third-order valence-corrected chi connectivity index (χ3v) is 9.16. The maximum absolute atomic E-state index is 14.0. The highest BCUT2D eigenvalue weighted by Crippen LogP contribution is 2.35. The molecule has 2 N–H and O–H groups in total. The largest absolute Gasteiger partial charge is 0.369 e. The van der Waals surface area contributed by atoms with E-state index in [9.17, 15) is 14.4 Å². The Morgan fingerprint density at radius 2 is 1.70 bits per heavy atom. The number of likely N-dealkylation sites (N-methyl/N-ethyl adjacent to an activating group) is 1. The number of fused-ring (bicyclic) bond motifs is 1. The molecule has 6 rings (SSSR count). The molecular weight excluding hydrogens is 470 g/mol. The number of piperazine rings is 1. The van der Waals surface area contributed by atoms with Gasteiger partial charge in [-0.3, -0.25) is 19.3 Å². The maximum atomic E-state index is 14.0. The molecule has 9 heteroatoms. The molecule has 200 valence electrons. The van der Waals surface area contributed by atoms with Gasteiger partial charge in [0.1, 0.15) is 24.3 Å². The van der Waals surface area contributed by atoms with Crippen molar-refractivity contribution in [2.75, 3.05) is 51.3 Å². The molecule has 1 aromatic rings. The number of anilines is 1. The highest BCUT2D eigenvalue weighted by molar-refractivity contribution is 6.01. The van der Waals surface area contributed by atoms with Crippen LogP contribution in [-0.4, -0.2) is 104 Å². The molecule has 2 amide bonds. The minimum atomic E-state index is -0.983. The Morgan fingerprint density at radius 1 is 1.00 bits per heavy atom. The minimum absolute atomic E-state index is 0.0403. The third kappa shape index (κ3) is 4.66. The Hall–Kier alpha value is -2.49. The van der Waals surface area contributed by atoms with Crippen molar-refractivity contribution in [3.05, 3.63) is 29.8 Å². The van der Waals surface area contributed by atoms with Gasteiger partial charge in [0.2, 0.25) is 5.91 Å². The van der Waals surface area contributed by atoms with Gasteiger partial charge in [-0.2, -0.15) is 0 Å². The first-order chi connectivity index (χ1) is 18.0. The van der Waals surface area contributed by atoms with E-state index < -0.39 is 11.6 Å². The average Bonchev–Trinajstić information content (AvgIpc) is 3.62. The Kier molecular flexibility index (Phi) is 6.71. The molecular formula is C28H39N5O4. The molecule has 0 aromatic heterocycles. The molecule has 37 heavy (non-hydrogen) atoms. The fourth-order valence-electron chi connectivity index (χ4n) is 6.84. The number of nitrogens with zero attached hydrogens (tertiary/aromatic N) is 3. The number of carbonyl (C=O) groups is 3. The summed E-state index contributed by atoms with van der Waals surface area (Å²) in [5.41, 5.74) is 0.714. The van der Waals surface area contributed by atoms with E-state index in [1.54, 1.807) is 4.90 Å². The Labute approximate surface area is 218 Å². The van der Waals surface area contributed by atoms with Gasteiger partial charge in [0.25, 0.3) is 5.91 Å². The first-order valence-electron chi connectivity index (χ1n) is 14.0. The van der Waals surface area contributed by atoms with Crippen LogP contribution in [0.25, 0.3) is 0 Å². The third-order valence-electron chi connectivity index (χ3n) is 9.16. The van der Waals surface area contributed by atoms with Crippen LogP contribution in [0.3, 0.4) is 0 Å². The number of benzene rings is 1. The molecule has 9 nitrogen and oxygen atoms in total. The predicted molar refractivity (Wildman–Crippen MR) is 140 cm³/mol. The molecule has 3 heterocycles. The summed E-state index contributed by atoms with van der Waals surface area (Å²) in [4.78, 5) is 46.8. The zero-order chi connectivity index (χ0) is 25.6. The number of likely N-dealkylation sites (tertiary alicyclic amines) is 1. The summed E-state index contributed by atoms with van der Waals surface area (Å²) in [6.07, 6.45) is 6.33. The van der Waals surface area contributed by atoms with Crippen LogP contribution in [0, 0.1) is 0 Å². The molecule has 2 aliphatic carbocycles. The number of ketones is 1. The summed E-state index contributed by atoms with van der Waals surface area (Å²) in [5, 5.41) is 6.36. The van der Waals surface area contributed by atoms with Crippen LogP contribution in [0.4, 0.5) is 5.69 Å². The standard InChI is InChI=1S/C28H39N5O4/c1-29-22-17-33(24-23(34)18-37-25(22)24)27(36)28(11-3-2-4-12-28)30-26(35)19-5-7-20(8-6-19)31-13-15-32(16-14-31)21-9-10-21/h5-8,21-22,24-25,29H,2-4,9-18H2,1H3,(H,30,35)/t22-,24+,25+/m0/s1. The predicted octanol–water partition coefficient (Wildman–Crippen LogP) is 1.17. The number of hydrogen-bond donors (Lipinski definition) is 2. The van der Waals surface area contributed by atoms with Gasteiger partial charge < -0.3 is 25.2 Å². The van der Waals surface area contributed by atoms with Crippen molar-refractivity contribution in [1.29, 1.82) is 0 Å². The molecule has 2 saturated carbocycles. The van der Waals surface area contributed by atoms with E-state index in [1.165, 1.54) is 12.8 Å². The van der Waals surface area contributed by atoms with E-state index in [0.29, 0.717) is 24.9 Å². The topological polar surface area (TPSA) is 94.2 Å². The smallest absolute Gasteiger partial charge is 0.252 e. The van der Waals surface area contributed by atoms with Crippen LogP contribution in [0.1, 0.15) is 55.3 Å². The summed E-state index contributed by atoms with van der Waals surface area (Å²) < 4.78 is 5.73. The summed E-state index contributed by atoms with van der Waals surface area (Å²) in [6.45, 7) is 4.66. The van der Waals surface area contributed by atoms with Crippen LogP contribution < -0.4 is 15.5 Å². The molecule has 3 aliphatic heterocycles. The van der Waals surface area contributed by atoms with Crippen LogP contribution in [-0.2, 0) is 14.3 Å². The van der Waals surface area contributed by atoms with Gasteiger partial charge in [-0.15, -0.1) is 0 Å². The first kappa shape index (κ1) is 24.8. The maximum Gasteiger partial charge on any atom is 0.252 e. The molecule has 0 unspecified atom stereocenters. The Morgan fingerprint density at radius 3 is 2.35 bits per heavy atom. The lowest BCUT2D eigenvalue weighted by Crippen LogP contribution is -2.62. The van der Waals surface area contributed by atoms with Crippen molar-refractivity contribution in [2.45, 2.75) is 74.7 Å². The number of amides is 2. The van der Waals surface area contributed by atoms with Crippen molar-refractivity contribution in [2.24, 2.45) is 0 Å². The van der Waals surface area contributed by atoms with Gasteiger partial charge in [-0.1, -0.05) is 19.3 Å². The number of nitrogens with one attached hydrogen (secondary N) is 2. The molecule has 5 fully saturated rings. The van der Waals surface area contributed by atoms with Crippen molar-refractivity contribution in [3.63, 3.8) is 0 Å². The SMILES string of the molecule is CN[C@H]1CN(C(=O)C2(NC(=O)c3ccc(N4CCN(C5CC5)CC4)cc3)CCCCC2)[C@@H]2C(=O)CO[C@H]12. The van der Waals surface area contributed by atoms with Gasteiger partial charge in [0, 0.05) is 50.0 Å². The van der Waals surface area contributed by atoms with Gasteiger partial charge >= 0.3 is 0 Å². The second-order valence-corrected chi connectivity index (χ2v) is 11.4. The van der Waals surface area contributed by atoms with Crippen molar-refractivity contribution in [3.8, 4) is 0 Å². The van der Waals surface area contributed by atoms with Crippen molar-refractivity contribution < 1.29 is 19.1 Å². The lowest BCUT2D eigenvalue weighted by Gasteiger charge is -2.40. The number of Topliss-reactive ketones (excluding diaryl/α,β-unsaturated/α-hetero) is 1. The number of carbonyl (C=O) groups excluding carboxylic acids is 3. The second-order valence-electron chi connectivity index (χ2n) is 11.4. The molecule has 5 aliphatic rings. The lowest BCUT2D eigenvalue weighted by molar-refractivity contribution is -0.143. The van der Waals surface area contributed by atoms with E-state index in [2.05, 4.69) is 20.4 Å². The van der Waals surface area contributed by atoms with Crippen LogP contribution in [0.5, 0.6) is 0 Å². The number of ether oxygens (including phenoxy) is 1.